The van der Waals surface area contributed by atoms with Gasteiger partial charge in [0, 0.05) is 17.8 Å². The van der Waals surface area contributed by atoms with Crippen LogP contribution in [-0.4, -0.2) is 31.9 Å². The molecule has 0 spiro atoms. The van der Waals surface area contributed by atoms with Gasteiger partial charge in [-0.3, -0.25) is 4.68 Å². The molecule has 0 amide bonds. The number of ether oxygens (including phenoxy) is 1. The summed E-state index contributed by atoms with van der Waals surface area (Å²) >= 11 is 7.51. The number of rotatable bonds is 7. The Kier molecular flexibility index (Phi) is 5.43. The normalized spacial score (nSPS) is 11.6. The molecule has 9 heteroatoms. The summed E-state index contributed by atoms with van der Waals surface area (Å²) in [6, 6.07) is 10.3. The maximum absolute atomic E-state index is 12.5. The van der Waals surface area contributed by atoms with Gasteiger partial charge in [-0.15, -0.1) is 11.3 Å². The number of hydrogen-bond acceptors (Lipinski definition) is 5. The molecule has 1 N–H and O–H groups in total. The fourth-order valence-electron chi connectivity index (χ4n) is 2.27. The highest BCUT2D eigenvalue weighted by Gasteiger charge is 2.19. The third-order valence-electron chi connectivity index (χ3n) is 3.46. The molecule has 0 unspecified atom stereocenters. The Morgan fingerprint density at radius 2 is 2.16 bits per heavy atom. The van der Waals surface area contributed by atoms with E-state index in [4.69, 9.17) is 16.3 Å². The van der Waals surface area contributed by atoms with Crippen LogP contribution in [0.4, 0.5) is 0 Å². The average Bonchev–Trinajstić information content (AvgIpc) is 3.26. The molecule has 2 heterocycles. The summed E-state index contributed by atoms with van der Waals surface area (Å²) in [6.45, 7) is 0.608. The number of thiophene rings is 1. The summed E-state index contributed by atoms with van der Waals surface area (Å²) < 4.78 is 34.3. The Hall–Kier alpha value is -1.87. The molecule has 3 aromatic rings. The second-order valence-corrected chi connectivity index (χ2v) is 8.25. The maximum atomic E-state index is 12.5. The quantitative estimate of drug-likeness (QED) is 0.664. The van der Waals surface area contributed by atoms with Crippen LogP contribution in [0.25, 0.3) is 10.6 Å². The van der Waals surface area contributed by atoms with Crippen molar-refractivity contribution in [1.82, 2.24) is 14.5 Å². The van der Waals surface area contributed by atoms with Gasteiger partial charge >= 0.3 is 0 Å². The molecule has 0 aliphatic rings. The molecule has 0 atom stereocenters. The third-order valence-corrected chi connectivity index (χ3v) is 6.07. The number of benzene rings is 1. The van der Waals surface area contributed by atoms with E-state index < -0.39 is 10.0 Å². The minimum absolute atomic E-state index is 0.0160. The molecule has 0 radical (unpaired) electrons. The molecular weight excluding hydrogens is 382 g/mol. The van der Waals surface area contributed by atoms with E-state index in [0.29, 0.717) is 11.6 Å². The first-order valence-corrected chi connectivity index (χ1v) is 10.1. The number of nitrogens with one attached hydrogen (secondary N) is 1. The molecule has 0 saturated heterocycles. The second-order valence-electron chi connectivity index (χ2n) is 5.13. The van der Waals surface area contributed by atoms with Crippen molar-refractivity contribution < 1.29 is 13.2 Å². The predicted octanol–water partition coefficient (Wildman–Crippen LogP) is 3.25. The van der Waals surface area contributed by atoms with Gasteiger partial charge in [0.25, 0.3) is 0 Å². The first-order valence-electron chi connectivity index (χ1n) is 7.40. The predicted molar refractivity (Wildman–Crippen MR) is 98.7 cm³/mol. The zero-order valence-electron chi connectivity index (χ0n) is 13.3. The van der Waals surface area contributed by atoms with Crippen LogP contribution in [0.3, 0.4) is 0 Å². The summed E-state index contributed by atoms with van der Waals surface area (Å²) in [5, 5.41) is 6.75. The first-order chi connectivity index (χ1) is 12.0. The Morgan fingerprint density at radius 3 is 2.88 bits per heavy atom. The van der Waals surface area contributed by atoms with E-state index in [-0.39, 0.29) is 17.2 Å². The van der Waals surface area contributed by atoms with E-state index in [1.54, 1.807) is 22.1 Å². The lowest BCUT2D eigenvalue weighted by molar-refractivity contribution is 0.402. The summed E-state index contributed by atoms with van der Waals surface area (Å²) in [7, 11) is -2.32. The van der Waals surface area contributed by atoms with Crippen LogP contribution in [0, 0.1) is 0 Å². The van der Waals surface area contributed by atoms with E-state index in [0.717, 1.165) is 10.6 Å². The van der Waals surface area contributed by atoms with Gasteiger partial charge in [0.2, 0.25) is 10.0 Å². The highest BCUT2D eigenvalue weighted by Crippen LogP contribution is 2.26. The molecular formula is C16H16ClN3O3S2. The van der Waals surface area contributed by atoms with Gasteiger partial charge in [0.05, 0.1) is 18.5 Å². The number of nitrogens with zero attached hydrogens (tertiary/aromatic N) is 2. The van der Waals surface area contributed by atoms with Crippen molar-refractivity contribution in [3.8, 4) is 16.3 Å². The molecule has 25 heavy (non-hydrogen) atoms. The molecule has 0 saturated carbocycles. The van der Waals surface area contributed by atoms with Crippen molar-refractivity contribution in [2.45, 2.75) is 11.4 Å². The van der Waals surface area contributed by atoms with Crippen molar-refractivity contribution >= 4 is 33.0 Å². The molecule has 0 aliphatic carbocycles. The smallest absolute Gasteiger partial charge is 0.244 e. The number of aromatic nitrogens is 2. The molecule has 132 valence electrons. The fraction of sp³-hybridized carbons (Fsp3) is 0.188. The van der Waals surface area contributed by atoms with Crippen LogP contribution in [0.1, 0.15) is 0 Å². The SMILES string of the molecule is COc1ccc(Cl)cc1S(=O)(=O)NCCn1ccc(-c2cccs2)n1. The van der Waals surface area contributed by atoms with Gasteiger partial charge in [-0.05, 0) is 35.7 Å². The van der Waals surface area contributed by atoms with Gasteiger partial charge in [-0.1, -0.05) is 17.7 Å². The zero-order chi connectivity index (χ0) is 17.9. The van der Waals surface area contributed by atoms with E-state index in [9.17, 15) is 8.42 Å². The first kappa shape index (κ1) is 17.9. The van der Waals surface area contributed by atoms with Gasteiger partial charge < -0.3 is 4.74 Å². The molecule has 1 aromatic carbocycles. The zero-order valence-corrected chi connectivity index (χ0v) is 15.7. The third kappa shape index (κ3) is 4.21. The van der Waals surface area contributed by atoms with Crippen LogP contribution in [0.2, 0.25) is 5.02 Å². The largest absolute Gasteiger partial charge is 0.495 e. The van der Waals surface area contributed by atoms with Crippen LogP contribution in [0.5, 0.6) is 5.75 Å². The molecule has 2 aromatic heterocycles. The second kappa shape index (κ2) is 7.57. The monoisotopic (exact) mass is 397 g/mol. The molecule has 0 fully saturated rings. The van der Waals surface area contributed by atoms with Gasteiger partial charge in [0.1, 0.15) is 16.3 Å². The van der Waals surface area contributed by atoms with Crippen molar-refractivity contribution in [2.24, 2.45) is 0 Å². The van der Waals surface area contributed by atoms with E-state index in [2.05, 4.69) is 9.82 Å². The van der Waals surface area contributed by atoms with E-state index in [1.807, 2.05) is 29.8 Å². The Labute approximate surface area is 155 Å². The summed E-state index contributed by atoms with van der Waals surface area (Å²) in [6.07, 6.45) is 1.82. The summed E-state index contributed by atoms with van der Waals surface area (Å²) in [5.41, 5.74) is 0.870. The minimum atomic E-state index is -3.73. The van der Waals surface area contributed by atoms with Gasteiger partial charge in [-0.25, -0.2) is 13.1 Å². The molecule has 6 nitrogen and oxygen atoms in total. The average molecular weight is 398 g/mol. The van der Waals surface area contributed by atoms with Crippen molar-refractivity contribution in [3.05, 3.63) is 53.0 Å². The molecule has 3 rings (SSSR count). The lowest BCUT2D eigenvalue weighted by Gasteiger charge is -2.11. The highest BCUT2D eigenvalue weighted by atomic mass is 35.5. The number of hydrogen-bond donors (Lipinski definition) is 1. The van der Waals surface area contributed by atoms with Crippen LogP contribution in [0.15, 0.2) is 52.9 Å². The van der Waals surface area contributed by atoms with Gasteiger partial charge in [-0.2, -0.15) is 5.10 Å². The highest BCUT2D eigenvalue weighted by molar-refractivity contribution is 7.89. The van der Waals surface area contributed by atoms with Crippen LogP contribution in [-0.2, 0) is 16.6 Å². The lowest BCUT2D eigenvalue weighted by atomic mass is 10.3. The van der Waals surface area contributed by atoms with E-state index in [1.165, 1.54) is 19.2 Å². The van der Waals surface area contributed by atoms with Crippen molar-refractivity contribution in [1.29, 1.82) is 0 Å². The molecule has 0 aliphatic heterocycles. The number of methoxy groups -OCH3 is 1. The number of halogens is 1. The Morgan fingerprint density at radius 1 is 1.32 bits per heavy atom. The Balaban J connectivity index is 1.66. The molecule has 0 bridgehead atoms. The van der Waals surface area contributed by atoms with Crippen molar-refractivity contribution in [2.75, 3.05) is 13.7 Å². The minimum Gasteiger partial charge on any atom is -0.495 e. The van der Waals surface area contributed by atoms with Crippen molar-refractivity contribution in [3.63, 3.8) is 0 Å². The lowest BCUT2D eigenvalue weighted by Crippen LogP contribution is -2.28. The topological polar surface area (TPSA) is 73.2 Å². The van der Waals surface area contributed by atoms with E-state index >= 15 is 0 Å². The van der Waals surface area contributed by atoms with Gasteiger partial charge in [0.15, 0.2) is 0 Å². The standard InChI is InChI=1S/C16H16ClN3O3S2/c1-23-14-5-4-12(17)11-16(14)25(21,22)18-7-9-20-8-6-13(19-20)15-3-2-10-24-15/h2-6,8,10-11,18H,7,9H2,1H3. The number of sulfonamides is 1. The summed E-state index contributed by atoms with van der Waals surface area (Å²) in [5.74, 6) is 0.246. The van der Waals surface area contributed by atoms with Crippen LogP contribution >= 0.6 is 22.9 Å². The fourth-order valence-corrected chi connectivity index (χ4v) is 4.42. The Bertz CT molecular complexity index is 953. The van der Waals surface area contributed by atoms with Crippen LogP contribution < -0.4 is 9.46 Å². The maximum Gasteiger partial charge on any atom is 0.244 e. The summed E-state index contributed by atoms with van der Waals surface area (Å²) in [4.78, 5) is 1.09.